The van der Waals surface area contributed by atoms with E-state index in [2.05, 4.69) is 22.0 Å². The predicted octanol–water partition coefficient (Wildman–Crippen LogP) is 5.91. The number of rotatable bonds is 7. The Morgan fingerprint density at radius 1 is 1.00 bits per heavy atom. The molecule has 0 aromatic heterocycles. The normalized spacial score (nSPS) is 10.9. The Labute approximate surface area is 185 Å². The van der Waals surface area contributed by atoms with Crippen LogP contribution in [0.15, 0.2) is 71.2 Å². The summed E-state index contributed by atoms with van der Waals surface area (Å²) in [5.74, 6) is 0.560. The quantitative estimate of drug-likeness (QED) is 0.180. The van der Waals surface area contributed by atoms with E-state index in [0.29, 0.717) is 21.3 Å². The molecule has 31 heavy (non-hydrogen) atoms. The van der Waals surface area contributed by atoms with Gasteiger partial charge in [-0.1, -0.05) is 18.2 Å². The highest BCUT2D eigenvalue weighted by atomic mass is 79.9. The molecule has 0 heterocycles. The standard InChI is InChI=1S/C22H14BrN3O5/c23-21-11-16(10-18(13-24)17-2-1-3-20(12-17)26(29)30)6-9-22(21)31-14-15-4-7-19(8-5-15)25(27)28/h1-12H,14H2. The van der Waals surface area contributed by atoms with Gasteiger partial charge in [-0.2, -0.15) is 5.26 Å². The third-order valence-corrected chi connectivity index (χ3v) is 4.92. The molecule has 0 atom stereocenters. The number of benzene rings is 3. The number of nitrogens with zero attached hydrogens (tertiary/aromatic N) is 3. The van der Waals surface area contributed by atoms with Crippen molar-refractivity contribution in [2.24, 2.45) is 0 Å². The SMILES string of the molecule is N#CC(=Cc1ccc(OCc2ccc([N+](=O)[O-])cc2)c(Br)c1)c1cccc([N+](=O)[O-])c1. The zero-order valence-corrected chi connectivity index (χ0v) is 17.5. The Morgan fingerprint density at radius 2 is 1.71 bits per heavy atom. The van der Waals surface area contributed by atoms with Gasteiger partial charge >= 0.3 is 0 Å². The van der Waals surface area contributed by atoms with Gasteiger partial charge in [0, 0.05) is 24.3 Å². The van der Waals surface area contributed by atoms with E-state index in [9.17, 15) is 25.5 Å². The molecule has 0 saturated heterocycles. The number of allylic oxidation sites excluding steroid dienone is 1. The number of hydrogen-bond donors (Lipinski definition) is 0. The highest BCUT2D eigenvalue weighted by molar-refractivity contribution is 9.10. The first-order valence-electron chi connectivity index (χ1n) is 8.89. The van der Waals surface area contributed by atoms with Crippen LogP contribution in [0.2, 0.25) is 0 Å². The second kappa shape index (κ2) is 9.65. The van der Waals surface area contributed by atoms with Crippen molar-refractivity contribution in [2.45, 2.75) is 6.61 Å². The van der Waals surface area contributed by atoms with E-state index in [1.54, 1.807) is 42.5 Å². The molecule has 0 aliphatic carbocycles. The van der Waals surface area contributed by atoms with Crippen LogP contribution in [0.4, 0.5) is 11.4 Å². The van der Waals surface area contributed by atoms with Gasteiger partial charge in [0.1, 0.15) is 12.4 Å². The Kier molecular flexibility index (Phi) is 6.74. The summed E-state index contributed by atoms with van der Waals surface area (Å²) >= 11 is 3.43. The first-order chi connectivity index (χ1) is 14.9. The highest BCUT2D eigenvalue weighted by Crippen LogP contribution is 2.29. The Balaban J connectivity index is 1.76. The monoisotopic (exact) mass is 479 g/mol. The summed E-state index contributed by atoms with van der Waals surface area (Å²) in [6, 6.07) is 19.3. The molecule has 0 fully saturated rings. The molecule has 0 unspecified atom stereocenters. The summed E-state index contributed by atoms with van der Waals surface area (Å²) < 4.78 is 6.41. The molecule has 8 nitrogen and oxygen atoms in total. The number of nitriles is 1. The Hall–Kier alpha value is -4.03. The molecule has 3 aromatic carbocycles. The van der Waals surface area contributed by atoms with Gasteiger partial charge < -0.3 is 4.74 Å². The van der Waals surface area contributed by atoms with E-state index >= 15 is 0 Å². The van der Waals surface area contributed by atoms with Crippen molar-refractivity contribution in [1.29, 1.82) is 5.26 Å². The van der Waals surface area contributed by atoms with Crippen LogP contribution in [0.5, 0.6) is 5.75 Å². The van der Waals surface area contributed by atoms with Gasteiger partial charge in [0.05, 0.1) is 26.0 Å². The summed E-state index contributed by atoms with van der Waals surface area (Å²) in [5.41, 5.74) is 2.14. The number of hydrogen-bond acceptors (Lipinski definition) is 6. The van der Waals surface area contributed by atoms with Crippen LogP contribution >= 0.6 is 15.9 Å². The minimum absolute atomic E-state index is 0.0121. The largest absolute Gasteiger partial charge is 0.488 e. The summed E-state index contributed by atoms with van der Waals surface area (Å²) in [4.78, 5) is 20.7. The zero-order valence-electron chi connectivity index (χ0n) is 15.9. The van der Waals surface area contributed by atoms with Gasteiger partial charge in [0.15, 0.2) is 0 Å². The van der Waals surface area contributed by atoms with E-state index in [0.717, 1.165) is 5.56 Å². The molecule has 0 aliphatic rings. The number of nitro benzene ring substituents is 2. The van der Waals surface area contributed by atoms with E-state index in [1.165, 1.54) is 30.3 Å². The summed E-state index contributed by atoms with van der Waals surface area (Å²) in [6.07, 6.45) is 1.63. The van der Waals surface area contributed by atoms with Gasteiger partial charge in [-0.3, -0.25) is 20.2 Å². The fourth-order valence-corrected chi connectivity index (χ4v) is 3.24. The molecule has 0 N–H and O–H groups in total. The van der Waals surface area contributed by atoms with E-state index in [4.69, 9.17) is 4.74 Å². The molecule has 3 aromatic rings. The van der Waals surface area contributed by atoms with Crippen LogP contribution in [0.3, 0.4) is 0 Å². The molecule has 0 aliphatic heterocycles. The molecule has 9 heteroatoms. The topological polar surface area (TPSA) is 119 Å². The first-order valence-corrected chi connectivity index (χ1v) is 9.69. The van der Waals surface area contributed by atoms with Crippen molar-refractivity contribution in [3.8, 4) is 11.8 Å². The van der Waals surface area contributed by atoms with Gasteiger partial charge in [0.25, 0.3) is 11.4 Å². The average Bonchev–Trinajstić information content (AvgIpc) is 2.77. The van der Waals surface area contributed by atoms with Crippen molar-refractivity contribution >= 4 is 39.0 Å². The number of nitro groups is 2. The van der Waals surface area contributed by atoms with Crippen LogP contribution in [-0.4, -0.2) is 9.85 Å². The predicted molar refractivity (Wildman–Crippen MR) is 118 cm³/mol. The Bertz CT molecular complexity index is 1220. The molecular weight excluding hydrogens is 466 g/mol. The fraction of sp³-hybridized carbons (Fsp3) is 0.0455. The van der Waals surface area contributed by atoms with Crippen LogP contribution < -0.4 is 4.74 Å². The number of non-ortho nitro benzene ring substituents is 2. The van der Waals surface area contributed by atoms with Crippen LogP contribution in [0.1, 0.15) is 16.7 Å². The summed E-state index contributed by atoms with van der Waals surface area (Å²) in [7, 11) is 0. The molecule has 3 rings (SSSR count). The third kappa shape index (κ3) is 5.52. The summed E-state index contributed by atoms with van der Waals surface area (Å²) in [5, 5.41) is 31.2. The molecule has 0 spiro atoms. The summed E-state index contributed by atoms with van der Waals surface area (Å²) in [6.45, 7) is 0.225. The van der Waals surface area contributed by atoms with Crippen LogP contribution in [0, 0.1) is 31.6 Å². The lowest BCUT2D eigenvalue weighted by Crippen LogP contribution is -1.97. The molecule has 154 valence electrons. The maximum Gasteiger partial charge on any atom is 0.270 e. The smallest absolute Gasteiger partial charge is 0.270 e. The van der Waals surface area contributed by atoms with Crippen molar-refractivity contribution in [2.75, 3.05) is 0 Å². The molecule has 0 bridgehead atoms. The maximum absolute atomic E-state index is 11.0. The fourth-order valence-electron chi connectivity index (χ4n) is 2.73. The molecule has 0 radical (unpaired) electrons. The van der Waals surface area contributed by atoms with E-state index < -0.39 is 9.85 Å². The average molecular weight is 480 g/mol. The van der Waals surface area contributed by atoms with Gasteiger partial charge in [-0.05, 0) is 63.0 Å². The zero-order chi connectivity index (χ0) is 22.4. The van der Waals surface area contributed by atoms with Crippen LogP contribution in [0.25, 0.3) is 11.6 Å². The number of ether oxygens (including phenoxy) is 1. The van der Waals surface area contributed by atoms with Gasteiger partial charge in [-0.25, -0.2) is 0 Å². The molecule has 0 saturated carbocycles. The van der Waals surface area contributed by atoms with Crippen LogP contribution in [-0.2, 0) is 6.61 Å². The second-order valence-corrected chi connectivity index (χ2v) is 7.23. The molecule has 0 amide bonds. The van der Waals surface area contributed by atoms with Crippen molar-refractivity contribution in [3.05, 3.63) is 108 Å². The minimum Gasteiger partial charge on any atom is -0.488 e. The first kappa shape index (κ1) is 21.7. The van der Waals surface area contributed by atoms with Crippen molar-refractivity contribution in [3.63, 3.8) is 0 Å². The van der Waals surface area contributed by atoms with Gasteiger partial charge in [0.2, 0.25) is 0 Å². The lowest BCUT2D eigenvalue weighted by atomic mass is 10.0. The lowest BCUT2D eigenvalue weighted by molar-refractivity contribution is -0.385. The number of halogens is 1. The minimum atomic E-state index is -0.508. The van der Waals surface area contributed by atoms with Gasteiger partial charge in [-0.15, -0.1) is 0 Å². The third-order valence-electron chi connectivity index (χ3n) is 4.30. The second-order valence-electron chi connectivity index (χ2n) is 6.38. The van der Waals surface area contributed by atoms with E-state index in [1.807, 2.05) is 0 Å². The highest BCUT2D eigenvalue weighted by Gasteiger charge is 2.10. The van der Waals surface area contributed by atoms with E-state index in [-0.39, 0.29) is 23.6 Å². The van der Waals surface area contributed by atoms with Crippen molar-refractivity contribution in [1.82, 2.24) is 0 Å². The lowest BCUT2D eigenvalue weighted by Gasteiger charge is -2.09. The maximum atomic E-state index is 11.0. The Morgan fingerprint density at radius 3 is 2.32 bits per heavy atom. The van der Waals surface area contributed by atoms with Crippen molar-refractivity contribution < 1.29 is 14.6 Å². The molecular formula is C22H14BrN3O5.